The molecule has 1 aromatic heterocycles. The lowest BCUT2D eigenvalue weighted by molar-refractivity contribution is 1.33. The molecule has 1 N–H and O–H groups in total. The number of nitrogens with one attached hydrogen (secondary N) is 1. The van der Waals surface area contributed by atoms with Gasteiger partial charge < -0.3 is 5.32 Å². The van der Waals surface area contributed by atoms with Gasteiger partial charge in [0.15, 0.2) is 0 Å². The molecule has 0 aliphatic carbocycles. The summed E-state index contributed by atoms with van der Waals surface area (Å²) < 4.78 is 1.03. The number of benzene rings is 2. The zero-order valence-corrected chi connectivity index (χ0v) is 11.2. The van der Waals surface area contributed by atoms with Crippen LogP contribution in [0.25, 0.3) is 10.8 Å². The van der Waals surface area contributed by atoms with Gasteiger partial charge in [-0.05, 0) is 39.5 Å². The van der Waals surface area contributed by atoms with Gasteiger partial charge in [0.05, 0.1) is 5.69 Å². The van der Waals surface area contributed by atoms with Gasteiger partial charge in [-0.2, -0.15) is 0 Å². The Balaban J connectivity index is 2.08. The number of halogens is 1. The van der Waals surface area contributed by atoms with Gasteiger partial charge >= 0.3 is 0 Å². The van der Waals surface area contributed by atoms with Crippen LogP contribution in [0, 0.1) is 0 Å². The quantitative estimate of drug-likeness (QED) is 0.739. The van der Waals surface area contributed by atoms with E-state index in [-0.39, 0.29) is 0 Å². The maximum Gasteiger partial charge on any atom is 0.138 e. The number of para-hydroxylation sites is 1. The minimum absolute atomic E-state index is 0.875. The molecule has 88 valence electrons. The van der Waals surface area contributed by atoms with Crippen LogP contribution >= 0.6 is 15.9 Å². The van der Waals surface area contributed by atoms with Crippen LogP contribution in [0.1, 0.15) is 0 Å². The Kier molecular flexibility index (Phi) is 2.99. The standard InChI is InChI=1S/C15H11BrN2/c16-13-7-3-4-8-14(13)18-15-12-6-2-1-5-11(12)9-10-17-15/h1-10H,(H,17,18). The van der Waals surface area contributed by atoms with E-state index in [9.17, 15) is 0 Å². The first-order valence-corrected chi connectivity index (χ1v) is 6.49. The molecule has 0 spiro atoms. The number of anilines is 2. The third-order valence-corrected chi connectivity index (χ3v) is 3.49. The third kappa shape index (κ3) is 2.09. The van der Waals surface area contributed by atoms with Crippen molar-refractivity contribution in [3.05, 3.63) is 65.3 Å². The van der Waals surface area contributed by atoms with Crippen molar-refractivity contribution in [2.45, 2.75) is 0 Å². The molecule has 0 fully saturated rings. The molecule has 0 saturated heterocycles. The van der Waals surface area contributed by atoms with Crippen molar-refractivity contribution in [2.24, 2.45) is 0 Å². The van der Waals surface area contributed by atoms with Crippen molar-refractivity contribution in [1.29, 1.82) is 0 Å². The SMILES string of the molecule is Brc1ccccc1Nc1nccc2ccccc12. The van der Waals surface area contributed by atoms with E-state index in [1.165, 1.54) is 5.39 Å². The van der Waals surface area contributed by atoms with Gasteiger partial charge in [0.1, 0.15) is 5.82 Å². The fourth-order valence-electron chi connectivity index (χ4n) is 1.91. The van der Waals surface area contributed by atoms with E-state index >= 15 is 0 Å². The maximum atomic E-state index is 4.41. The summed E-state index contributed by atoms with van der Waals surface area (Å²) in [5, 5.41) is 5.66. The van der Waals surface area contributed by atoms with Crippen molar-refractivity contribution in [2.75, 3.05) is 5.32 Å². The summed E-state index contributed by atoms with van der Waals surface area (Å²) in [7, 11) is 0. The summed E-state index contributed by atoms with van der Waals surface area (Å²) in [5.74, 6) is 0.875. The minimum atomic E-state index is 0.875. The van der Waals surface area contributed by atoms with Gasteiger partial charge in [-0.3, -0.25) is 0 Å². The van der Waals surface area contributed by atoms with Gasteiger partial charge in [0, 0.05) is 16.1 Å². The lowest BCUT2D eigenvalue weighted by Crippen LogP contribution is -1.94. The minimum Gasteiger partial charge on any atom is -0.339 e. The van der Waals surface area contributed by atoms with Crippen LogP contribution in [0.15, 0.2) is 65.3 Å². The second kappa shape index (κ2) is 4.78. The molecule has 1 heterocycles. The molecule has 3 aromatic rings. The summed E-state index contributed by atoms with van der Waals surface area (Å²) >= 11 is 3.53. The number of rotatable bonds is 2. The molecule has 2 aromatic carbocycles. The molecule has 0 unspecified atom stereocenters. The largest absolute Gasteiger partial charge is 0.339 e. The van der Waals surface area contributed by atoms with E-state index in [1.807, 2.05) is 48.7 Å². The number of pyridine rings is 1. The molecule has 0 saturated carbocycles. The summed E-state index contributed by atoms with van der Waals surface area (Å²) in [5.41, 5.74) is 1.02. The van der Waals surface area contributed by atoms with Gasteiger partial charge in [-0.25, -0.2) is 4.98 Å². The van der Waals surface area contributed by atoms with Crippen LogP contribution in [-0.4, -0.2) is 4.98 Å². The molecule has 3 rings (SSSR count). The van der Waals surface area contributed by atoms with E-state index in [1.54, 1.807) is 0 Å². The molecule has 0 amide bonds. The number of nitrogens with zero attached hydrogens (tertiary/aromatic N) is 1. The first-order valence-electron chi connectivity index (χ1n) is 5.70. The predicted octanol–water partition coefficient (Wildman–Crippen LogP) is 4.74. The molecule has 2 nitrogen and oxygen atoms in total. The van der Waals surface area contributed by atoms with E-state index in [4.69, 9.17) is 0 Å². The fourth-order valence-corrected chi connectivity index (χ4v) is 2.29. The van der Waals surface area contributed by atoms with Crippen LogP contribution in [0.2, 0.25) is 0 Å². The van der Waals surface area contributed by atoms with Crippen molar-refractivity contribution in [1.82, 2.24) is 4.98 Å². The number of hydrogen-bond donors (Lipinski definition) is 1. The molecule has 0 aliphatic heterocycles. The van der Waals surface area contributed by atoms with Crippen LogP contribution in [0.4, 0.5) is 11.5 Å². The van der Waals surface area contributed by atoms with Crippen LogP contribution in [0.5, 0.6) is 0 Å². The second-order valence-corrected chi connectivity index (χ2v) is 4.84. The Labute approximate surface area is 114 Å². The topological polar surface area (TPSA) is 24.9 Å². The van der Waals surface area contributed by atoms with Gasteiger partial charge in [0.25, 0.3) is 0 Å². The number of hydrogen-bond acceptors (Lipinski definition) is 2. The molecule has 18 heavy (non-hydrogen) atoms. The first-order chi connectivity index (χ1) is 8.84. The normalized spacial score (nSPS) is 10.5. The highest BCUT2D eigenvalue weighted by Crippen LogP contribution is 2.28. The second-order valence-electron chi connectivity index (χ2n) is 3.99. The highest BCUT2D eigenvalue weighted by molar-refractivity contribution is 9.10. The molecule has 0 bridgehead atoms. The number of fused-ring (bicyclic) bond motifs is 1. The third-order valence-electron chi connectivity index (χ3n) is 2.80. The predicted molar refractivity (Wildman–Crippen MR) is 79.2 cm³/mol. The highest BCUT2D eigenvalue weighted by Gasteiger charge is 2.03. The Hall–Kier alpha value is -1.87. The molecular formula is C15H11BrN2. The Bertz CT molecular complexity index is 689. The van der Waals surface area contributed by atoms with Crippen LogP contribution < -0.4 is 5.32 Å². The first kappa shape index (κ1) is 11.2. The summed E-state index contributed by atoms with van der Waals surface area (Å²) in [4.78, 5) is 4.41. The fraction of sp³-hybridized carbons (Fsp3) is 0. The lowest BCUT2D eigenvalue weighted by Gasteiger charge is -2.09. The highest BCUT2D eigenvalue weighted by atomic mass is 79.9. The lowest BCUT2D eigenvalue weighted by atomic mass is 10.1. The van der Waals surface area contributed by atoms with Gasteiger partial charge in [0.2, 0.25) is 0 Å². The van der Waals surface area contributed by atoms with E-state index in [0.29, 0.717) is 0 Å². The van der Waals surface area contributed by atoms with Crippen molar-refractivity contribution >= 4 is 38.2 Å². The van der Waals surface area contributed by atoms with Crippen LogP contribution in [0.3, 0.4) is 0 Å². The summed E-state index contributed by atoms with van der Waals surface area (Å²) in [6.45, 7) is 0. The zero-order chi connectivity index (χ0) is 12.4. The molecule has 0 atom stereocenters. The van der Waals surface area contributed by atoms with Crippen molar-refractivity contribution in [3.8, 4) is 0 Å². The van der Waals surface area contributed by atoms with Gasteiger partial charge in [-0.1, -0.05) is 36.4 Å². The van der Waals surface area contributed by atoms with E-state index in [2.05, 4.69) is 38.4 Å². The molecule has 0 radical (unpaired) electrons. The summed E-state index contributed by atoms with van der Waals surface area (Å²) in [6.07, 6.45) is 1.82. The van der Waals surface area contributed by atoms with E-state index in [0.717, 1.165) is 21.4 Å². The zero-order valence-electron chi connectivity index (χ0n) is 9.60. The van der Waals surface area contributed by atoms with Gasteiger partial charge in [-0.15, -0.1) is 0 Å². The van der Waals surface area contributed by atoms with Crippen LogP contribution in [-0.2, 0) is 0 Å². The molecule has 0 aliphatic rings. The monoisotopic (exact) mass is 298 g/mol. The Morgan fingerprint density at radius 3 is 2.56 bits per heavy atom. The average Bonchev–Trinajstić information content (AvgIpc) is 2.42. The van der Waals surface area contributed by atoms with E-state index < -0.39 is 0 Å². The molecular weight excluding hydrogens is 288 g/mol. The van der Waals surface area contributed by atoms with Crippen molar-refractivity contribution in [3.63, 3.8) is 0 Å². The number of aromatic nitrogens is 1. The smallest absolute Gasteiger partial charge is 0.138 e. The Morgan fingerprint density at radius 1 is 0.889 bits per heavy atom. The molecule has 3 heteroatoms. The Morgan fingerprint density at radius 2 is 1.67 bits per heavy atom. The van der Waals surface area contributed by atoms with Crippen molar-refractivity contribution < 1.29 is 0 Å². The maximum absolute atomic E-state index is 4.41. The average molecular weight is 299 g/mol. The summed E-state index contributed by atoms with van der Waals surface area (Å²) in [6, 6.07) is 18.2.